The van der Waals surface area contributed by atoms with Gasteiger partial charge in [0, 0.05) is 13.5 Å². The van der Waals surface area contributed by atoms with E-state index < -0.39 is 17.3 Å². The van der Waals surface area contributed by atoms with Crippen molar-refractivity contribution in [3.05, 3.63) is 92.6 Å². The monoisotopic (exact) mass is 491 g/mol. The van der Waals surface area contributed by atoms with Gasteiger partial charge in [0.25, 0.3) is 5.56 Å². The zero-order valence-electron chi connectivity index (χ0n) is 20.9. The smallest absolute Gasteiger partial charge is 0.330 e. The Balaban J connectivity index is 2.03. The van der Waals surface area contributed by atoms with Gasteiger partial charge in [-0.05, 0) is 23.5 Å². The number of anilines is 2. The minimum atomic E-state index is -0.727. The predicted octanol–water partition coefficient (Wildman–Crippen LogP) is 2.81. The molecule has 0 radical (unpaired) electrons. The van der Waals surface area contributed by atoms with E-state index in [9.17, 15) is 19.2 Å². The van der Waals surface area contributed by atoms with Crippen LogP contribution in [0.4, 0.5) is 11.5 Å². The van der Waals surface area contributed by atoms with Gasteiger partial charge in [0.2, 0.25) is 11.8 Å². The molecule has 0 aliphatic heterocycles. The fourth-order valence-electron chi connectivity index (χ4n) is 3.98. The summed E-state index contributed by atoms with van der Waals surface area (Å²) >= 11 is 0. The molecule has 1 unspecified atom stereocenters. The molecule has 9 nitrogen and oxygen atoms in total. The lowest BCUT2D eigenvalue weighted by molar-refractivity contribution is -0.121. The van der Waals surface area contributed by atoms with Crippen molar-refractivity contribution in [1.82, 2.24) is 14.9 Å². The van der Waals surface area contributed by atoms with Crippen LogP contribution in [0.2, 0.25) is 0 Å². The number of carbonyl (C=O) groups excluding carboxylic acids is 2. The van der Waals surface area contributed by atoms with Crippen LogP contribution in [0.15, 0.2) is 70.3 Å². The van der Waals surface area contributed by atoms with Crippen LogP contribution < -0.4 is 27.2 Å². The Kier molecular flexibility index (Phi) is 8.83. The molecule has 190 valence electrons. The highest BCUT2D eigenvalue weighted by Gasteiger charge is 2.27. The van der Waals surface area contributed by atoms with Crippen molar-refractivity contribution in [2.45, 2.75) is 46.2 Å². The summed E-state index contributed by atoms with van der Waals surface area (Å²) in [6, 6.07) is 17.8. The zero-order valence-corrected chi connectivity index (χ0v) is 20.9. The standard InChI is InChI=1S/C27H33N5O4/c1-18(2)14-15-31(23(34)16-22(29-19(3)33)21-12-8-5-9-13-21)24-25(28)32(27(36)30-26(24)35)17-20-10-6-4-7-11-20/h4-13,18,22H,14-17,28H2,1-3H3,(H,29,33)(H,30,35,36). The van der Waals surface area contributed by atoms with E-state index in [-0.39, 0.29) is 48.7 Å². The summed E-state index contributed by atoms with van der Waals surface area (Å²) in [4.78, 5) is 54.8. The third-order valence-electron chi connectivity index (χ3n) is 5.86. The van der Waals surface area contributed by atoms with Crippen molar-refractivity contribution in [2.75, 3.05) is 17.2 Å². The highest BCUT2D eigenvalue weighted by Crippen LogP contribution is 2.24. The molecule has 3 rings (SSSR count). The summed E-state index contributed by atoms with van der Waals surface area (Å²) in [6.07, 6.45) is 0.525. The number of aromatic amines is 1. The molecule has 36 heavy (non-hydrogen) atoms. The molecule has 0 spiro atoms. The van der Waals surface area contributed by atoms with Crippen LogP contribution in [-0.4, -0.2) is 27.9 Å². The van der Waals surface area contributed by atoms with Crippen molar-refractivity contribution in [1.29, 1.82) is 0 Å². The highest BCUT2D eigenvalue weighted by molar-refractivity contribution is 5.96. The summed E-state index contributed by atoms with van der Waals surface area (Å²) in [5.41, 5.74) is 6.52. The summed E-state index contributed by atoms with van der Waals surface area (Å²) in [7, 11) is 0. The predicted molar refractivity (Wildman–Crippen MR) is 141 cm³/mol. The minimum absolute atomic E-state index is 0.0641. The van der Waals surface area contributed by atoms with Crippen molar-refractivity contribution in [3.8, 4) is 0 Å². The number of benzene rings is 2. The lowest BCUT2D eigenvalue weighted by Crippen LogP contribution is -2.43. The summed E-state index contributed by atoms with van der Waals surface area (Å²) < 4.78 is 1.25. The van der Waals surface area contributed by atoms with Gasteiger partial charge >= 0.3 is 5.69 Å². The van der Waals surface area contributed by atoms with Crippen LogP contribution in [0.1, 0.15) is 50.8 Å². The Bertz CT molecular complexity index is 1300. The molecule has 0 bridgehead atoms. The molecule has 4 N–H and O–H groups in total. The van der Waals surface area contributed by atoms with Gasteiger partial charge in [0.1, 0.15) is 5.82 Å². The maximum Gasteiger partial charge on any atom is 0.330 e. The minimum Gasteiger partial charge on any atom is -0.383 e. The molecule has 1 heterocycles. The lowest BCUT2D eigenvalue weighted by Gasteiger charge is -2.27. The second-order valence-electron chi connectivity index (χ2n) is 9.16. The number of aromatic nitrogens is 2. The van der Waals surface area contributed by atoms with Crippen molar-refractivity contribution in [2.24, 2.45) is 5.92 Å². The number of nitrogens with zero attached hydrogens (tertiary/aromatic N) is 2. The molecule has 0 aliphatic carbocycles. The molecule has 0 saturated heterocycles. The third kappa shape index (κ3) is 6.71. The molecule has 2 amide bonds. The van der Waals surface area contributed by atoms with Gasteiger partial charge in [0.15, 0.2) is 5.69 Å². The van der Waals surface area contributed by atoms with E-state index in [1.807, 2.05) is 74.5 Å². The van der Waals surface area contributed by atoms with E-state index in [0.717, 1.165) is 11.1 Å². The van der Waals surface area contributed by atoms with E-state index in [2.05, 4.69) is 10.3 Å². The van der Waals surface area contributed by atoms with Gasteiger partial charge in [-0.15, -0.1) is 0 Å². The average molecular weight is 492 g/mol. The summed E-state index contributed by atoms with van der Waals surface area (Å²) in [5, 5.41) is 2.82. The van der Waals surface area contributed by atoms with E-state index >= 15 is 0 Å². The first-order chi connectivity index (χ1) is 17.2. The molecule has 0 fully saturated rings. The largest absolute Gasteiger partial charge is 0.383 e. The van der Waals surface area contributed by atoms with Gasteiger partial charge in [-0.25, -0.2) is 4.79 Å². The molecule has 2 aromatic carbocycles. The van der Waals surface area contributed by atoms with Crippen LogP contribution >= 0.6 is 0 Å². The topological polar surface area (TPSA) is 130 Å². The van der Waals surface area contributed by atoms with E-state index in [1.165, 1.54) is 16.4 Å². The molecular formula is C27H33N5O4. The van der Waals surface area contributed by atoms with Crippen LogP contribution in [0, 0.1) is 5.92 Å². The first kappa shape index (κ1) is 26.5. The number of nitrogens with one attached hydrogen (secondary N) is 2. The Morgan fingerprint density at radius 2 is 1.64 bits per heavy atom. The number of nitrogens with two attached hydrogens (primary N) is 1. The number of H-pyrrole nitrogens is 1. The second kappa shape index (κ2) is 12.0. The number of carbonyl (C=O) groups is 2. The molecule has 9 heteroatoms. The van der Waals surface area contributed by atoms with Gasteiger partial charge in [-0.1, -0.05) is 74.5 Å². The van der Waals surface area contributed by atoms with Crippen LogP contribution in [0.5, 0.6) is 0 Å². The number of rotatable bonds is 10. The Morgan fingerprint density at radius 3 is 2.22 bits per heavy atom. The molecule has 0 aliphatic rings. The number of hydrogen-bond donors (Lipinski definition) is 3. The molecular weight excluding hydrogens is 458 g/mol. The second-order valence-corrected chi connectivity index (χ2v) is 9.16. The van der Waals surface area contributed by atoms with E-state index in [0.29, 0.717) is 6.42 Å². The maximum absolute atomic E-state index is 13.7. The molecule has 0 saturated carbocycles. The summed E-state index contributed by atoms with van der Waals surface area (Å²) in [6.45, 7) is 5.78. The van der Waals surface area contributed by atoms with E-state index in [1.54, 1.807) is 0 Å². The quantitative estimate of drug-likeness (QED) is 0.401. The average Bonchev–Trinajstić information content (AvgIpc) is 2.84. The normalized spacial score (nSPS) is 11.8. The fraction of sp³-hybridized carbons (Fsp3) is 0.333. The number of amides is 2. The van der Waals surface area contributed by atoms with Crippen LogP contribution in [-0.2, 0) is 16.1 Å². The SMILES string of the molecule is CC(=O)NC(CC(=O)N(CCC(C)C)c1c(N)n(Cc2ccccc2)c(=O)[nH]c1=O)c1ccccc1. The molecule has 1 aromatic heterocycles. The van der Waals surface area contributed by atoms with Crippen molar-refractivity contribution < 1.29 is 9.59 Å². The molecule has 1 atom stereocenters. The Hall–Kier alpha value is -4.14. The van der Waals surface area contributed by atoms with Gasteiger partial charge < -0.3 is 16.0 Å². The number of hydrogen-bond acceptors (Lipinski definition) is 5. The summed E-state index contributed by atoms with van der Waals surface area (Å²) in [5.74, 6) is -0.504. The zero-order chi connectivity index (χ0) is 26.2. The van der Waals surface area contributed by atoms with Gasteiger partial charge in [-0.3, -0.25) is 23.9 Å². The third-order valence-corrected chi connectivity index (χ3v) is 5.86. The van der Waals surface area contributed by atoms with Gasteiger partial charge in [0.05, 0.1) is 19.0 Å². The number of nitrogen functional groups attached to an aromatic ring is 1. The lowest BCUT2D eigenvalue weighted by atomic mass is 10.0. The molecule has 3 aromatic rings. The van der Waals surface area contributed by atoms with Crippen LogP contribution in [0.25, 0.3) is 0 Å². The van der Waals surface area contributed by atoms with Crippen molar-refractivity contribution in [3.63, 3.8) is 0 Å². The Morgan fingerprint density at radius 1 is 1.03 bits per heavy atom. The van der Waals surface area contributed by atoms with E-state index in [4.69, 9.17) is 5.73 Å². The highest BCUT2D eigenvalue weighted by atomic mass is 16.2. The fourth-order valence-corrected chi connectivity index (χ4v) is 3.98. The first-order valence-electron chi connectivity index (χ1n) is 12.0. The van der Waals surface area contributed by atoms with Crippen LogP contribution in [0.3, 0.4) is 0 Å². The van der Waals surface area contributed by atoms with Gasteiger partial charge in [-0.2, -0.15) is 0 Å². The Labute approximate surface area is 210 Å². The van der Waals surface area contributed by atoms with Crippen molar-refractivity contribution >= 4 is 23.3 Å². The first-order valence-corrected chi connectivity index (χ1v) is 12.0. The maximum atomic E-state index is 13.7.